The molecule has 2 aromatic carbocycles. The molecule has 4 rings (SSSR count). The molecule has 0 amide bonds. The fraction of sp³-hybridized carbons (Fsp3) is 0.318. The van der Waals surface area contributed by atoms with Crippen molar-refractivity contribution in [2.24, 2.45) is 4.99 Å². The number of hydrogen-bond donors (Lipinski definition) is 0. The van der Waals surface area contributed by atoms with Crippen LogP contribution in [0.5, 0.6) is 0 Å². The Labute approximate surface area is 222 Å². The first-order chi connectivity index (χ1) is 17.8. The molecule has 2 heterocycles. The lowest BCUT2D eigenvalue weighted by atomic mass is 10.1. The molecule has 208 valence electrons. The van der Waals surface area contributed by atoms with Crippen LogP contribution in [0.15, 0.2) is 45.2 Å². The lowest BCUT2D eigenvalue weighted by Gasteiger charge is -2.19. The van der Waals surface area contributed by atoms with Crippen LogP contribution < -0.4 is 0 Å². The Balaban J connectivity index is 0.000000230. The number of aromatic nitrogens is 2. The molecular formula is C22H23N5O10S2. The molecule has 39 heavy (non-hydrogen) atoms. The Morgan fingerprint density at radius 1 is 0.949 bits per heavy atom. The Kier molecular flexibility index (Phi) is 7.62. The second kappa shape index (κ2) is 10.1. The minimum atomic E-state index is -3.86. The van der Waals surface area contributed by atoms with Gasteiger partial charge in [0.05, 0.1) is 28.1 Å². The van der Waals surface area contributed by atoms with E-state index in [-0.39, 0.29) is 15.8 Å². The van der Waals surface area contributed by atoms with Crippen LogP contribution in [0.1, 0.15) is 31.9 Å². The van der Waals surface area contributed by atoms with Crippen molar-refractivity contribution in [3.8, 4) is 0 Å². The van der Waals surface area contributed by atoms with Crippen LogP contribution in [0, 0.1) is 20.2 Å². The molecule has 0 N–H and O–H groups in total. The fourth-order valence-electron chi connectivity index (χ4n) is 3.50. The van der Waals surface area contributed by atoms with Gasteiger partial charge in [0.1, 0.15) is 15.4 Å². The molecule has 1 aliphatic heterocycles. The van der Waals surface area contributed by atoms with E-state index in [9.17, 15) is 41.9 Å². The highest BCUT2D eigenvalue weighted by Gasteiger charge is 2.27. The van der Waals surface area contributed by atoms with Crippen molar-refractivity contribution in [3.05, 3.63) is 61.8 Å². The topological polar surface area (TPSA) is 211 Å². The predicted molar refractivity (Wildman–Crippen MR) is 139 cm³/mol. The van der Waals surface area contributed by atoms with Gasteiger partial charge in [-0.15, -0.1) is 0 Å². The van der Waals surface area contributed by atoms with Crippen molar-refractivity contribution in [3.63, 3.8) is 0 Å². The number of sulfone groups is 2. The molecule has 1 aromatic heterocycles. The van der Waals surface area contributed by atoms with Gasteiger partial charge in [-0.2, -0.15) is 9.78 Å². The molecule has 0 atom stereocenters. The zero-order valence-corrected chi connectivity index (χ0v) is 22.9. The average molecular weight is 582 g/mol. The molecule has 0 spiro atoms. The molecule has 0 bridgehead atoms. The van der Waals surface area contributed by atoms with Gasteiger partial charge in [-0.05, 0) is 38.5 Å². The number of ether oxygens (including phenoxy) is 1. The maximum Gasteiger partial charge on any atom is 0.435 e. The predicted octanol–water partition coefficient (Wildman–Crippen LogP) is 3.06. The van der Waals surface area contributed by atoms with Gasteiger partial charge in [0, 0.05) is 41.8 Å². The first-order valence-electron chi connectivity index (χ1n) is 10.9. The van der Waals surface area contributed by atoms with Gasteiger partial charge in [0.2, 0.25) is 0 Å². The summed E-state index contributed by atoms with van der Waals surface area (Å²) in [6.45, 7) is 5.38. The smallest absolute Gasteiger partial charge is 0.435 e. The molecule has 3 aromatic rings. The monoisotopic (exact) mass is 581 g/mol. The van der Waals surface area contributed by atoms with Gasteiger partial charge in [0.25, 0.3) is 11.4 Å². The number of aliphatic imine (C=N–C) groups is 1. The molecule has 0 saturated heterocycles. The number of rotatable bonds is 4. The standard InChI is InChI=1S/C13H15N3O6S.C9H8N2O4S/c1-13(2,3)22-12(17)15-9-6-11(23(4,20)21)10(16(18)19)5-8(9)7-14-15;1-16(14,15)9-3-7-5-10-4-6(7)2-8(9)11(12)13/h5-7H,1-4H3;2-4H,5H2,1H3. The van der Waals surface area contributed by atoms with Gasteiger partial charge in [0.15, 0.2) is 19.7 Å². The van der Waals surface area contributed by atoms with E-state index in [0.717, 1.165) is 29.3 Å². The van der Waals surface area contributed by atoms with Crippen LogP contribution in [0.4, 0.5) is 16.2 Å². The summed E-state index contributed by atoms with van der Waals surface area (Å²) in [5, 5.41) is 25.9. The largest absolute Gasteiger partial charge is 0.442 e. The highest BCUT2D eigenvalue weighted by atomic mass is 32.2. The lowest BCUT2D eigenvalue weighted by molar-refractivity contribution is -0.388. The minimum absolute atomic E-state index is 0.116. The molecule has 17 heteroatoms. The molecule has 0 saturated carbocycles. The van der Waals surface area contributed by atoms with Crippen molar-refractivity contribution in [1.29, 1.82) is 0 Å². The van der Waals surface area contributed by atoms with E-state index in [2.05, 4.69) is 10.1 Å². The molecule has 0 fully saturated rings. The van der Waals surface area contributed by atoms with Crippen LogP contribution in [0.25, 0.3) is 10.9 Å². The van der Waals surface area contributed by atoms with Gasteiger partial charge in [-0.25, -0.2) is 21.6 Å². The number of benzene rings is 2. The van der Waals surface area contributed by atoms with E-state index in [0.29, 0.717) is 17.7 Å². The van der Waals surface area contributed by atoms with E-state index in [4.69, 9.17) is 4.74 Å². The van der Waals surface area contributed by atoms with E-state index < -0.39 is 57.5 Å². The number of nitro benzene ring substituents is 2. The van der Waals surface area contributed by atoms with E-state index >= 15 is 0 Å². The molecule has 0 unspecified atom stereocenters. The van der Waals surface area contributed by atoms with Gasteiger partial charge >= 0.3 is 6.09 Å². The SMILES string of the molecule is CC(C)(C)OC(=O)n1ncc2cc([N+](=O)[O-])c(S(C)(=O)=O)cc21.CS(=O)(=O)c1cc2c(cc1[N+](=O)[O-])C=NC2. The first-order valence-corrected chi connectivity index (χ1v) is 14.7. The van der Waals surface area contributed by atoms with E-state index in [1.165, 1.54) is 24.5 Å². The Morgan fingerprint density at radius 3 is 2.00 bits per heavy atom. The zero-order chi connectivity index (χ0) is 29.5. The Hall–Kier alpha value is -4.25. The van der Waals surface area contributed by atoms with Crippen LogP contribution in [0.2, 0.25) is 0 Å². The fourth-order valence-corrected chi connectivity index (χ4v) is 5.21. The Bertz CT molecular complexity index is 1770. The van der Waals surface area contributed by atoms with Crippen LogP contribution in [-0.2, 0) is 31.0 Å². The molecule has 0 aliphatic carbocycles. The summed E-state index contributed by atoms with van der Waals surface area (Å²) in [6, 6.07) is 4.71. The summed E-state index contributed by atoms with van der Waals surface area (Å²) >= 11 is 0. The summed E-state index contributed by atoms with van der Waals surface area (Å²) in [5.41, 5.74) is -0.302. The van der Waals surface area contributed by atoms with E-state index in [1.807, 2.05) is 0 Å². The minimum Gasteiger partial charge on any atom is -0.442 e. The summed E-state index contributed by atoms with van der Waals surface area (Å²) < 4.78 is 52.4. The molecule has 15 nitrogen and oxygen atoms in total. The maximum atomic E-state index is 12.1. The third kappa shape index (κ3) is 6.61. The van der Waals surface area contributed by atoms with Gasteiger partial charge in [-0.1, -0.05) is 0 Å². The van der Waals surface area contributed by atoms with Crippen molar-refractivity contribution in [2.45, 2.75) is 42.7 Å². The molecule has 0 radical (unpaired) electrons. The lowest BCUT2D eigenvalue weighted by Crippen LogP contribution is -2.27. The van der Waals surface area contributed by atoms with Crippen LogP contribution >= 0.6 is 0 Å². The third-order valence-corrected chi connectivity index (χ3v) is 7.37. The Morgan fingerprint density at radius 2 is 1.49 bits per heavy atom. The summed E-state index contributed by atoms with van der Waals surface area (Å²) in [6.07, 6.45) is 3.75. The van der Waals surface area contributed by atoms with Crippen molar-refractivity contribution >= 4 is 54.3 Å². The van der Waals surface area contributed by atoms with Gasteiger partial charge < -0.3 is 4.74 Å². The summed E-state index contributed by atoms with van der Waals surface area (Å²) in [5.74, 6) is 0. The summed E-state index contributed by atoms with van der Waals surface area (Å²) in [7, 11) is -7.46. The quantitative estimate of drug-likeness (QED) is 0.322. The molecular weight excluding hydrogens is 558 g/mol. The average Bonchev–Trinajstić information content (AvgIpc) is 3.41. The van der Waals surface area contributed by atoms with E-state index in [1.54, 1.807) is 20.8 Å². The zero-order valence-electron chi connectivity index (χ0n) is 21.3. The normalized spacial score (nSPS) is 12.9. The first kappa shape index (κ1) is 29.3. The number of carbonyl (C=O) groups is 1. The number of nitrogens with zero attached hydrogens (tertiary/aromatic N) is 5. The summed E-state index contributed by atoms with van der Waals surface area (Å²) in [4.78, 5) is 35.7. The highest BCUT2D eigenvalue weighted by Crippen LogP contribution is 2.30. The number of hydrogen-bond acceptors (Lipinski definition) is 12. The second-order valence-electron chi connectivity index (χ2n) is 9.46. The number of fused-ring (bicyclic) bond motifs is 2. The second-order valence-corrected chi connectivity index (χ2v) is 13.4. The maximum absolute atomic E-state index is 12.1. The van der Waals surface area contributed by atoms with Crippen molar-refractivity contribution < 1.29 is 36.2 Å². The third-order valence-electron chi connectivity index (χ3n) is 5.12. The number of carbonyl (C=O) groups excluding carboxylic acids is 1. The van der Waals surface area contributed by atoms with Crippen LogP contribution in [-0.4, -0.2) is 66.9 Å². The number of nitro groups is 2. The van der Waals surface area contributed by atoms with Crippen molar-refractivity contribution in [1.82, 2.24) is 9.78 Å². The van der Waals surface area contributed by atoms with Crippen molar-refractivity contribution in [2.75, 3.05) is 12.5 Å². The highest BCUT2D eigenvalue weighted by molar-refractivity contribution is 7.91. The van der Waals surface area contributed by atoms with Gasteiger partial charge in [-0.3, -0.25) is 25.2 Å². The van der Waals surface area contributed by atoms with Crippen LogP contribution in [0.3, 0.4) is 0 Å². The molecule has 1 aliphatic rings.